The summed E-state index contributed by atoms with van der Waals surface area (Å²) in [5, 5.41) is 14.8. The summed E-state index contributed by atoms with van der Waals surface area (Å²) in [4.78, 5) is 24.7. The van der Waals surface area contributed by atoms with Crippen LogP contribution in [-0.4, -0.2) is 54.2 Å². The molecule has 1 unspecified atom stereocenters. The van der Waals surface area contributed by atoms with Crippen molar-refractivity contribution in [2.45, 2.75) is 38.6 Å². The number of amides is 2. The van der Waals surface area contributed by atoms with Crippen LogP contribution in [0.4, 0.5) is 4.79 Å². The van der Waals surface area contributed by atoms with Crippen LogP contribution in [0.3, 0.4) is 0 Å². The fourth-order valence-corrected chi connectivity index (χ4v) is 2.50. The molecule has 110 valence electrons. The summed E-state index contributed by atoms with van der Waals surface area (Å²) >= 11 is 0. The number of carboxylic acid groups (broad SMARTS) is 1. The molecule has 1 heterocycles. The third-order valence-corrected chi connectivity index (χ3v) is 3.34. The average molecular weight is 271 g/mol. The summed E-state index contributed by atoms with van der Waals surface area (Å²) in [7, 11) is 1.91. The van der Waals surface area contributed by atoms with E-state index in [9.17, 15) is 9.59 Å². The number of rotatable bonds is 5. The summed E-state index contributed by atoms with van der Waals surface area (Å²) < 4.78 is 0. The topological polar surface area (TPSA) is 81.7 Å². The minimum absolute atomic E-state index is 0.0769. The summed E-state index contributed by atoms with van der Waals surface area (Å²) in [6, 6.07) is -0.160. The predicted molar refractivity (Wildman–Crippen MR) is 73.1 cm³/mol. The van der Waals surface area contributed by atoms with Crippen LogP contribution in [0.15, 0.2) is 0 Å². The van der Waals surface area contributed by atoms with Crippen LogP contribution in [0, 0.1) is 5.92 Å². The highest BCUT2D eigenvalue weighted by Crippen LogP contribution is 2.17. The maximum atomic E-state index is 12.1. The van der Waals surface area contributed by atoms with Gasteiger partial charge in [0.2, 0.25) is 0 Å². The quantitative estimate of drug-likeness (QED) is 0.693. The van der Waals surface area contributed by atoms with Gasteiger partial charge in [-0.25, -0.2) is 4.79 Å². The van der Waals surface area contributed by atoms with Gasteiger partial charge < -0.3 is 20.6 Å². The zero-order valence-corrected chi connectivity index (χ0v) is 12.0. The average Bonchev–Trinajstić information content (AvgIpc) is 2.27. The van der Waals surface area contributed by atoms with Crippen LogP contribution in [0.2, 0.25) is 0 Å². The molecule has 1 atom stereocenters. The number of aliphatic carboxylic acids is 1. The van der Waals surface area contributed by atoms with Crippen LogP contribution in [-0.2, 0) is 4.79 Å². The number of nitrogens with zero attached hydrogens (tertiary/aromatic N) is 1. The lowest BCUT2D eigenvalue weighted by atomic mass is 9.98. The monoisotopic (exact) mass is 271 g/mol. The molecule has 6 nitrogen and oxygen atoms in total. The smallest absolute Gasteiger partial charge is 0.317 e. The van der Waals surface area contributed by atoms with Gasteiger partial charge in [-0.1, -0.05) is 0 Å². The molecular weight excluding hydrogens is 246 g/mol. The lowest BCUT2D eigenvalue weighted by molar-refractivity contribution is -0.138. The van der Waals surface area contributed by atoms with E-state index in [2.05, 4.69) is 10.6 Å². The molecule has 3 N–H and O–H groups in total. The van der Waals surface area contributed by atoms with Gasteiger partial charge in [0.1, 0.15) is 0 Å². The Morgan fingerprint density at radius 2 is 2.11 bits per heavy atom. The maximum Gasteiger partial charge on any atom is 0.317 e. The fourth-order valence-electron chi connectivity index (χ4n) is 2.50. The third kappa shape index (κ3) is 5.46. The predicted octanol–water partition coefficient (Wildman–Crippen LogP) is 0.881. The van der Waals surface area contributed by atoms with Crippen molar-refractivity contribution in [1.29, 1.82) is 0 Å². The zero-order valence-electron chi connectivity index (χ0n) is 12.0. The lowest BCUT2D eigenvalue weighted by Gasteiger charge is -2.35. The Morgan fingerprint density at radius 1 is 1.42 bits per heavy atom. The van der Waals surface area contributed by atoms with Crippen molar-refractivity contribution in [3.8, 4) is 0 Å². The van der Waals surface area contributed by atoms with Gasteiger partial charge in [-0.3, -0.25) is 4.79 Å². The molecule has 0 saturated carbocycles. The molecule has 0 aliphatic carbocycles. The molecule has 0 aromatic rings. The Balaban J connectivity index is 2.50. The number of likely N-dealkylation sites (tertiary alicyclic amines) is 1. The molecule has 0 aromatic heterocycles. The van der Waals surface area contributed by atoms with Crippen molar-refractivity contribution in [3.63, 3.8) is 0 Å². The second-order valence-corrected chi connectivity index (χ2v) is 5.90. The number of carbonyl (C=O) groups is 2. The summed E-state index contributed by atoms with van der Waals surface area (Å²) in [6.07, 6.45) is 2.05. The van der Waals surface area contributed by atoms with Crippen LogP contribution in [0.25, 0.3) is 0 Å². The Kier molecular flexibility index (Phi) is 5.60. The Labute approximate surface area is 114 Å². The second kappa shape index (κ2) is 6.75. The summed E-state index contributed by atoms with van der Waals surface area (Å²) in [5.41, 5.74) is -0.723. The molecule has 1 fully saturated rings. The largest absolute Gasteiger partial charge is 0.481 e. The first-order valence-corrected chi connectivity index (χ1v) is 6.77. The first-order chi connectivity index (χ1) is 8.84. The SMILES string of the molecule is CNCC1CCCN(C(=O)NC(C)(C)CC(=O)O)C1. The molecule has 0 radical (unpaired) electrons. The van der Waals surface area contributed by atoms with E-state index < -0.39 is 11.5 Å². The molecule has 0 bridgehead atoms. The molecule has 1 saturated heterocycles. The van der Waals surface area contributed by atoms with E-state index >= 15 is 0 Å². The lowest BCUT2D eigenvalue weighted by Crippen LogP contribution is -2.53. The van der Waals surface area contributed by atoms with E-state index in [0.717, 1.165) is 32.5 Å². The molecule has 1 aliphatic rings. The minimum atomic E-state index is -0.906. The molecular formula is C13H25N3O3. The second-order valence-electron chi connectivity index (χ2n) is 5.90. The molecule has 0 aromatic carbocycles. The molecule has 6 heteroatoms. The van der Waals surface area contributed by atoms with Gasteiger partial charge in [0.15, 0.2) is 0 Å². The van der Waals surface area contributed by atoms with Gasteiger partial charge in [0.05, 0.1) is 6.42 Å². The number of carbonyl (C=O) groups excluding carboxylic acids is 1. The first-order valence-electron chi connectivity index (χ1n) is 6.77. The Hall–Kier alpha value is -1.30. The van der Waals surface area contributed by atoms with Crippen LogP contribution in [0.5, 0.6) is 0 Å². The molecule has 0 spiro atoms. The van der Waals surface area contributed by atoms with Crippen LogP contribution >= 0.6 is 0 Å². The van der Waals surface area contributed by atoms with Crippen molar-refractivity contribution in [2.24, 2.45) is 5.92 Å². The van der Waals surface area contributed by atoms with Crippen molar-refractivity contribution in [1.82, 2.24) is 15.5 Å². The highest BCUT2D eigenvalue weighted by atomic mass is 16.4. The molecule has 2 amide bonds. The van der Waals surface area contributed by atoms with E-state index in [0.29, 0.717) is 5.92 Å². The number of hydrogen-bond acceptors (Lipinski definition) is 3. The highest BCUT2D eigenvalue weighted by Gasteiger charge is 2.29. The van der Waals surface area contributed by atoms with E-state index in [1.165, 1.54) is 0 Å². The van der Waals surface area contributed by atoms with Gasteiger partial charge in [-0.15, -0.1) is 0 Å². The summed E-state index contributed by atoms with van der Waals surface area (Å²) in [6.45, 7) is 5.84. The van der Waals surface area contributed by atoms with Gasteiger partial charge in [0, 0.05) is 18.6 Å². The summed E-state index contributed by atoms with van der Waals surface area (Å²) in [5.74, 6) is -0.427. The number of urea groups is 1. The van der Waals surface area contributed by atoms with Crippen LogP contribution in [0.1, 0.15) is 33.1 Å². The first kappa shape index (κ1) is 15.8. The molecule has 19 heavy (non-hydrogen) atoms. The van der Waals surface area contributed by atoms with Crippen molar-refractivity contribution in [2.75, 3.05) is 26.7 Å². The van der Waals surface area contributed by atoms with Crippen molar-refractivity contribution >= 4 is 12.0 Å². The highest BCUT2D eigenvalue weighted by molar-refractivity contribution is 5.76. The van der Waals surface area contributed by atoms with Gasteiger partial charge in [-0.2, -0.15) is 0 Å². The van der Waals surface area contributed by atoms with E-state index in [4.69, 9.17) is 5.11 Å². The Bertz CT molecular complexity index is 329. The van der Waals surface area contributed by atoms with Crippen molar-refractivity contribution < 1.29 is 14.7 Å². The number of piperidine rings is 1. The minimum Gasteiger partial charge on any atom is -0.481 e. The normalized spacial score (nSPS) is 20.2. The van der Waals surface area contributed by atoms with Crippen LogP contribution < -0.4 is 10.6 Å². The standard InChI is InChI=1S/C13H25N3O3/c1-13(2,7-11(17)18)15-12(19)16-6-4-5-10(9-16)8-14-3/h10,14H,4-9H2,1-3H3,(H,15,19)(H,17,18). The number of nitrogens with one attached hydrogen (secondary N) is 2. The fraction of sp³-hybridized carbons (Fsp3) is 0.846. The molecule has 1 rings (SSSR count). The van der Waals surface area contributed by atoms with Gasteiger partial charge in [0.25, 0.3) is 0 Å². The van der Waals surface area contributed by atoms with E-state index in [1.807, 2.05) is 7.05 Å². The van der Waals surface area contributed by atoms with Crippen molar-refractivity contribution in [3.05, 3.63) is 0 Å². The third-order valence-electron chi connectivity index (χ3n) is 3.34. The number of hydrogen-bond donors (Lipinski definition) is 3. The Morgan fingerprint density at radius 3 is 2.68 bits per heavy atom. The van der Waals surface area contributed by atoms with Gasteiger partial charge in [-0.05, 0) is 46.2 Å². The maximum absolute atomic E-state index is 12.1. The zero-order chi connectivity index (χ0) is 14.5. The molecule has 1 aliphatic heterocycles. The van der Waals surface area contributed by atoms with E-state index in [1.54, 1.807) is 18.7 Å². The van der Waals surface area contributed by atoms with E-state index in [-0.39, 0.29) is 12.5 Å². The van der Waals surface area contributed by atoms with Gasteiger partial charge >= 0.3 is 12.0 Å². The number of carboxylic acids is 1.